The van der Waals surface area contributed by atoms with Crippen LogP contribution in [0, 0.1) is 11.7 Å². The SMILES string of the molecule is CC(Nc1cc(F)c(C(=O)O)cc1N)C1CCCCC1. The van der Waals surface area contributed by atoms with Crippen molar-refractivity contribution in [2.45, 2.75) is 45.1 Å². The topological polar surface area (TPSA) is 75.3 Å². The summed E-state index contributed by atoms with van der Waals surface area (Å²) in [6.45, 7) is 2.07. The number of hydrogen-bond donors (Lipinski definition) is 3. The van der Waals surface area contributed by atoms with Crippen LogP contribution < -0.4 is 11.1 Å². The van der Waals surface area contributed by atoms with Crippen LogP contribution in [0.15, 0.2) is 12.1 Å². The molecule has 0 saturated heterocycles. The predicted molar refractivity (Wildman–Crippen MR) is 77.4 cm³/mol. The Balaban J connectivity index is 2.12. The quantitative estimate of drug-likeness (QED) is 0.738. The number of halogens is 1. The molecule has 5 heteroatoms. The van der Waals surface area contributed by atoms with E-state index in [9.17, 15) is 9.18 Å². The van der Waals surface area contributed by atoms with E-state index in [0.717, 1.165) is 0 Å². The molecule has 0 aliphatic heterocycles. The zero-order valence-corrected chi connectivity index (χ0v) is 11.7. The van der Waals surface area contributed by atoms with Crippen molar-refractivity contribution in [2.75, 3.05) is 11.1 Å². The molecular formula is C15H21FN2O2. The minimum atomic E-state index is -1.30. The van der Waals surface area contributed by atoms with Crippen LogP contribution in [-0.2, 0) is 0 Å². The van der Waals surface area contributed by atoms with E-state index in [1.54, 1.807) is 0 Å². The Hall–Kier alpha value is -1.78. The lowest BCUT2D eigenvalue weighted by Crippen LogP contribution is -2.28. The number of carboxylic acid groups (broad SMARTS) is 1. The summed E-state index contributed by atoms with van der Waals surface area (Å²) in [6, 6.07) is 2.55. The average molecular weight is 280 g/mol. The third-order valence-corrected chi connectivity index (χ3v) is 4.11. The number of aromatic carboxylic acids is 1. The van der Waals surface area contributed by atoms with E-state index in [0.29, 0.717) is 11.6 Å². The summed E-state index contributed by atoms with van der Waals surface area (Å²) in [5.41, 5.74) is 6.17. The molecule has 1 fully saturated rings. The fraction of sp³-hybridized carbons (Fsp3) is 0.533. The molecule has 110 valence electrons. The van der Waals surface area contributed by atoms with Crippen LogP contribution in [0.3, 0.4) is 0 Å². The average Bonchev–Trinajstić information content (AvgIpc) is 2.43. The number of hydrogen-bond acceptors (Lipinski definition) is 3. The van der Waals surface area contributed by atoms with E-state index >= 15 is 0 Å². The van der Waals surface area contributed by atoms with Crippen molar-refractivity contribution in [1.29, 1.82) is 0 Å². The van der Waals surface area contributed by atoms with E-state index in [4.69, 9.17) is 10.8 Å². The minimum Gasteiger partial charge on any atom is -0.478 e. The smallest absolute Gasteiger partial charge is 0.338 e. The lowest BCUT2D eigenvalue weighted by molar-refractivity contribution is 0.0692. The van der Waals surface area contributed by atoms with Gasteiger partial charge in [0, 0.05) is 6.04 Å². The lowest BCUT2D eigenvalue weighted by Gasteiger charge is -2.29. The molecule has 0 heterocycles. The Morgan fingerprint density at radius 2 is 2.05 bits per heavy atom. The van der Waals surface area contributed by atoms with E-state index < -0.39 is 17.3 Å². The Bertz CT molecular complexity index is 499. The largest absolute Gasteiger partial charge is 0.478 e. The van der Waals surface area contributed by atoms with Gasteiger partial charge in [-0.3, -0.25) is 0 Å². The first-order valence-corrected chi connectivity index (χ1v) is 7.08. The molecule has 1 aliphatic carbocycles. The molecule has 2 rings (SSSR count). The third-order valence-electron chi connectivity index (χ3n) is 4.11. The summed E-state index contributed by atoms with van der Waals surface area (Å²) in [7, 11) is 0. The lowest BCUT2D eigenvalue weighted by atomic mass is 9.84. The number of rotatable bonds is 4. The maximum atomic E-state index is 13.7. The summed E-state index contributed by atoms with van der Waals surface area (Å²) in [5, 5.41) is 12.1. The number of benzene rings is 1. The van der Waals surface area contributed by atoms with Gasteiger partial charge < -0.3 is 16.2 Å². The van der Waals surface area contributed by atoms with Gasteiger partial charge in [-0.05, 0) is 37.8 Å². The highest BCUT2D eigenvalue weighted by molar-refractivity contribution is 5.90. The Morgan fingerprint density at radius 1 is 1.40 bits per heavy atom. The maximum Gasteiger partial charge on any atom is 0.338 e. The van der Waals surface area contributed by atoms with Gasteiger partial charge in [-0.2, -0.15) is 0 Å². The Morgan fingerprint density at radius 3 is 2.65 bits per heavy atom. The first-order chi connectivity index (χ1) is 9.49. The number of nitrogens with one attached hydrogen (secondary N) is 1. The summed E-state index contributed by atoms with van der Waals surface area (Å²) in [6.07, 6.45) is 6.10. The molecule has 1 aromatic carbocycles. The van der Waals surface area contributed by atoms with Gasteiger partial charge in [-0.15, -0.1) is 0 Å². The van der Waals surface area contributed by atoms with Gasteiger partial charge >= 0.3 is 5.97 Å². The zero-order valence-electron chi connectivity index (χ0n) is 11.7. The first kappa shape index (κ1) is 14.6. The monoisotopic (exact) mass is 280 g/mol. The predicted octanol–water partition coefficient (Wildman–Crippen LogP) is 3.49. The second-order valence-electron chi connectivity index (χ2n) is 5.56. The molecule has 1 unspecified atom stereocenters. The van der Waals surface area contributed by atoms with Crippen molar-refractivity contribution in [3.8, 4) is 0 Å². The minimum absolute atomic E-state index is 0.202. The molecular weight excluding hydrogens is 259 g/mol. The molecule has 0 amide bonds. The Labute approximate surface area is 118 Å². The van der Waals surface area contributed by atoms with E-state index in [2.05, 4.69) is 12.2 Å². The van der Waals surface area contributed by atoms with Gasteiger partial charge in [0.15, 0.2) is 0 Å². The number of anilines is 2. The van der Waals surface area contributed by atoms with Crippen LogP contribution >= 0.6 is 0 Å². The normalized spacial score (nSPS) is 17.7. The van der Waals surface area contributed by atoms with Crippen LogP contribution in [0.5, 0.6) is 0 Å². The van der Waals surface area contributed by atoms with Gasteiger partial charge in [0.2, 0.25) is 0 Å². The molecule has 20 heavy (non-hydrogen) atoms. The summed E-state index contributed by atoms with van der Waals surface area (Å²) >= 11 is 0. The maximum absolute atomic E-state index is 13.7. The van der Waals surface area contributed by atoms with Crippen LogP contribution in [0.25, 0.3) is 0 Å². The second-order valence-corrected chi connectivity index (χ2v) is 5.56. The molecule has 1 saturated carbocycles. The van der Waals surface area contributed by atoms with Gasteiger partial charge in [-0.25, -0.2) is 9.18 Å². The highest BCUT2D eigenvalue weighted by atomic mass is 19.1. The van der Waals surface area contributed by atoms with Gasteiger partial charge in [0.05, 0.1) is 16.9 Å². The fourth-order valence-electron chi connectivity index (χ4n) is 2.88. The summed E-state index contributed by atoms with van der Waals surface area (Å²) in [5.74, 6) is -1.50. The van der Waals surface area contributed by atoms with Crippen molar-refractivity contribution in [2.24, 2.45) is 5.92 Å². The van der Waals surface area contributed by atoms with E-state index in [1.807, 2.05) is 0 Å². The van der Waals surface area contributed by atoms with Crippen molar-refractivity contribution >= 4 is 17.3 Å². The molecule has 4 nitrogen and oxygen atoms in total. The molecule has 4 N–H and O–H groups in total. The molecule has 0 bridgehead atoms. The molecule has 1 aromatic rings. The van der Waals surface area contributed by atoms with Gasteiger partial charge in [-0.1, -0.05) is 19.3 Å². The molecule has 1 aliphatic rings. The van der Waals surface area contributed by atoms with Gasteiger partial charge in [0.25, 0.3) is 0 Å². The van der Waals surface area contributed by atoms with Crippen LogP contribution in [0.4, 0.5) is 15.8 Å². The zero-order chi connectivity index (χ0) is 14.7. The highest BCUT2D eigenvalue weighted by Gasteiger charge is 2.21. The third kappa shape index (κ3) is 3.21. The number of carboxylic acids is 1. The van der Waals surface area contributed by atoms with E-state index in [1.165, 1.54) is 44.2 Å². The standard InChI is InChI=1S/C15H21FN2O2/c1-9(10-5-3-2-4-6-10)18-14-8-12(16)11(15(19)20)7-13(14)17/h7-10,18H,2-6,17H2,1H3,(H,19,20). The van der Waals surface area contributed by atoms with Crippen molar-refractivity contribution < 1.29 is 14.3 Å². The molecule has 1 atom stereocenters. The van der Waals surface area contributed by atoms with E-state index in [-0.39, 0.29) is 11.7 Å². The number of nitrogen functional groups attached to an aromatic ring is 1. The first-order valence-electron chi connectivity index (χ1n) is 7.08. The fourth-order valence-corrected chi connectivity index (χ4v) is 2.88. The van der Waals surface area contributed by atoms with Crippen molar-refractivity contribution in [1.82, 2.24) is 0 Å². The number of nitrogens with two attached hydrogens (primary N) is 1. The highest BCUT2D eigenvalue weighted by Crippen LogP contribution is 2.30. The summed E-state index contributed by atoms with van der Waals surface area (Å²) in [4.78, 5) is 10.8. The van der Waals surface area contributed by atoms with Gasteiger partial charge in [0.1, 0.15) is 5.82 Å². The second kappa shape index (κ2) is 6.11. The number of carbonyl (C=O) groups is 1. The van der Waals surface area contributed by atoms with Crippen LogP contribution in [0.2, 0.25) is 0 Å². The van der Waals surface area contributed by atoms with Crippen LogP contribution in [0.1, 0.15) is 49.4 Å². The molecule has 0 radical (unpaired) electrons. The summed E-state index contributed by atoms with van der Waals surface area (Å²) < 4.78 is 13.7. The molecule has 0 aromatic heterocycles. The van der Waals surface area contributed by atoms with Crippen molar-refractivity contribution in [3.05, 3.63) is 23.5 Å². The molecule has 0 spiro atoms. The Kier molecular flexibility index (Phi) is 4.47. The van der Waals surface area contributed by atoms with Crippen LogP contribution in [-0.4, -0.2) is 17.1 Å². The van der Waals surface area contributed by atoms with Crippen molar-refractivity contribution in [3.63, 3.8) is 0 Å².